The average Bonchev–Trinajstić information content (AvgIpc) is 2.17. The van der Waals surface area contributed by atoms with Crippen molar-refractivity contribution in [2.45, 2.75) is 27.0 Å². The Morgan fingerprint density at radius 2 is 2.13 bits per heavy atom. The van der Waals surface area contributed by atoms with Crippen LogP contribution in [0.3, 0.4) is 0 Å². The third-order valence-electron chi connectivity index (χ3n) is 2.77. The van der Waals surface area contributed by atoms with Crippen molar-refractivity contribution >= 4 is 5.97 Å². The first-order chi connectivity index (χ1) is 6.87. The van der Waals surface area contributed by atoms with Crippen LogP contribution in [0.5, 0.6) is 0 Å². The van der Waals surface area contributed by atoms with Crippen molar-refractivity contribution in [3.05, 3.63) is 24.8 Å². The van der Waals surface area contributed by atoms with E-state index in [1.54, 1.807) is 6.92 Å². The summed E-state index contributed by atoms with van der Waals surface area (Å²) >= 11 is 0. The van der Waals surface area contributed by atoms with Gasteiger partial charge in [-0.15, -0.1) is 0 Å². The van der Waals surface area contributed by atoms with E-state index in [4.69, 9.17) is 4.74 Å². The van der Waals surface area contributed by atoms with Gasteiger partial charge in [0, 0.05) is 12.5 Å². The van der Waals surface area contributed by atoms with Gasteiger partial charge in [-0.05, 0) is 19.9 Å². The molecule has 3 heteroatoms. The summed E-state index contributed by atoms with van der Waals surface area (Å²) in [7, 11) is 2.04. The number of esters is 1. The molecule has 0 saturated heterocycles. The number of nitrogens with zero attached hydrogens (tertiary/aromatic N) is 1. The van der Waals surface area contributed by atoms with Crippen LogP contribution in [0.25, 0.3) is 0 Å². The molecule has 15 heavy (non-hydrogen) atoms. The molecule has 0 aliphatic carbocycles. The van der Waals surface area contributed by atoms with Gasteiger partial charge in [0.15, 0.2) is 0 Å². The average molecular weight is 212 g/mol. The summed E-state index contributed by atoms with van der Waals surface area (Å²) in [6.45, 7) is 14.6. The van der Waals surface area contributed by atoms with Gasteiger partial charge in [0.2, 0.25) is 6.23 Å². The molecule has 86 valence electrons. The normalized spacial score (nSPS) is 16.3. The fraction of sp³-hybridized carbons (Fsp3) is 0.583. The topological polar surface area (TPSA) is 26.3 Å². The number of rotatable bonds is 6. The van der Waals surface area contributed by atoms with Crippen molar-refractivity contribution < 1.29 is 14.0 Å². The third kappa shape index (κ3) is 3.88. The van der Waals surface area contributed by atoms with Gasteiger partial charge >= 0.3 is 5.97 Å². The molecule has 3 nitrogen and oxygen atoms in total. The van der Waals surface area contributed by atoms with Crippen molar-refractivity contribution in [2.24, 2.45) is 0 Å². The summed E-state index contributed by atoms with van der Waals surface area (Å²) in [5.74, 6) is -0.329. The Morgan fingerprint density at radius 3 is 2.47 bits per heavy atom. The Hall–Kier alpha value is -1.09. The van der Waals surface area contributed by atoms with Crippen molar-refractivity contribution in [3.63, 3.8) is 0 Å². The Morgan fingerprint density at radius 1 is 1.60 bits per heavy atom. The van der Waals surface area contributed by atoms with Gasteiger partial charge < -0.3 is 4.74 Å². The van der Waals surface area contributed by atoms with E-state index in [0.29, 0.717) is 10.1 Å². The van der Waals surface area contributed by atoms with Crippen LogP contribution in [0, 0.1) is 0 Å². The maximum Gasteiger partial charge on any atom is 0.337 e. The number of carbonyl (C=O) groups is 1. The van der Waals surface area contributed by atoms with Crippen LogP contribution in [0.4, 0.5) is 0 Å². The highest BCUT2D eigenvalue weighted by Crippen LogP contribution is 2.12. The van der Waals surface area contributed by atoms with E-state index in [1.165, 1.54) is 0 Å². The summed E-state index contributed by atoms with van der Waals surface area (Å²) in [6, 6.07) is 0. The Balaban J connectivity index is 4.52. The highest BCUT2D eigenvalue weighted by atomic mass is 16.6. The molecule has 0 aromatic heterocycles. The van der Waals surface area contributed by atoms with E-state index < -0.39 is 0 Å². The lowest BCUT2D eigenvalue weighted by Gasteiger charge is -2.37. The molecule has 0 N–H and O–H groups in total. The van der Waals surface area contributed by atoms with Crippen molar-refractivity contribution in [1.82, 2.24) is 0 Å². The first kappa shape index (κ1) is 13.9. The number of carbonyl (C=O) groups excluding carboxylic acids is 1. The minimum absolute atomic E-state index is 0.183. The van der Waals surface area contributed by atoms with Gasteiger partial charge in [-0.25, -0.2) is 4.79 Å². The zero-order chi connectivity index (χ0) is 12.1. The van der Waals surface area contributed by atoms with Crippen LogP contribution in [0.15, 0.2) is 24.8 Å². The van der Waals surface area contributed by atoms with Crippen LogP contribution >= 0.6 is 0 Å². The minimum atomic E-state index is -0.329. The van der Waals surface area contributed by atoms with Crippen molar-refractivity contribution in [2.75, 3.05) is 20.1 Å². The second kappa shape index (κ2) is 5.71. The van der Waals surface area contributed by atoms with E-state index in [9.17, 15) is 4.79 Å². The minimum Gasteiger partial charge on any atom is -0.409 e. The SMILES string of the molecule is C=CC[N+](C)(CC)C(C)OC(=O)C(=C)C. The van der Waals surface area contributed by atoms with E-state index in [0.717, 1.165) is 13.1 Å². The smallest absolute Gasteiger partial charge is 0.337 e. The van der Waals surface area contributed by atoms with Crippen molar-refractivity contribution in [3.8, 4) is 0 Å². The van der Waals surface area contributed by atoms with Gasteiger partial charge in [-0.2, -0.15) is 0 Å². The molecular formula is C12H22NO2+. The summed E-state index contributed by atoms with van der Waals surface area (Å²) in [6.07, 6.45) is 1.66. The number of hydrogen-bond donors (Lipinski definition) is 0. The molecule has 0 aromatic rings. The molecule has 0 spiro atoms. The molecule has 0 heterocycles. The van der Waals surface area contributed by atoms with E-state index in [-0.39, 0.29) is 12.2 Å². The lowest BCUT2D eigenvalue weighted by molar-refractivity contribution is -0.943. The first-order valence-electron chi connectivity index (χ1n) is 5.19. The van der Waals surface area contributed by atoms with Gasteiger partial charge in [-0.1, -0.05) is 13.2 Å². The molecule has 0 fully saturated rings. The van der Waals surface area contributed by atoms with Crippen LogP contribution in [0.2, 0.25) is 0 Å². The zero-order valence-corrected chi connectivity index (χ0v) is 10.2. The highest BCUT2D eigenvalue weighted by molar-refractivity contribution is 5.86. The Labute approximate surface area is 92.6 Å². The number of ether oxygens (including phenoxy) is 1. The maximum absolute atomic E-state index is 11.4. The van der Waals surface area contributed by atoms with Crippen molar-refractivity contribution in [1.29, 1.82) is 0 Å². The largest absolute Gasteiger partial charge is 0.409 e. The predicted molar refractivity (Wildman–Crippen MR) is 62.2 cm³/mol. The fourth-order valence-electron chi connectivity index (χ4n) is 1.21. The molecular weight excluding hydrogens is 190 g/mol. The molecule has 0 aliphatic rings. The van der Waals surface area contributed by atoms with E-state index in [2.05, 4.69) is 20.1 Å². The standard InChI is InChI=1S/C12H22NO2/c1-7-9-13(6,8-2)11(5)15-12(14)10(3)4/h7,11H,1,3,8-9H2,2,4-6H3/q+1. The molecule has 0 radical (unpaired) electrons. The fourth-order valence-corrected chi connectivity index (χ4v) is 1.21. The summed E-state index contributed by atoms with van der Waals surface area (Å²) < 4.78 is 5.95. The van der Waals surface area contributed by atoms with E-state index in [1.807, 2.05) is 20.0 Å². The van der Waals surface area contributed by atoms with E-state index >= 15 is 0 Å². The van der Waals surface area contributed by atoms with Gasteiger partial charge in [0.05, 0.1) is 20.1 Å². The molecule has 2 atom stereocenters. The quantitative estimate of drug-likeness (QED) is 0.222. The monoisotopic (exact) mass is 212 g/mol. The van der Waals surface area contributed by atoms with Crippen LogP contribution in [0.1, 0.15) is 20.8 Å². The number of quaternary nitrogens is 1. The molecule has 0 saturated carbocycles. The summed E-state index contributed by atoms with van der Waals surface area (Å²) in [5, 5.41) is 0. The Kier molecular flexibility index (Phi) is 5.29. The third-order valence-corrected chi connectivity index (χ3v) is 2.77. The lowest BCUT2D eigenvalue weighted by Crippen LogP contribution is -2.52. The number of likely N-dealkylation sites (N-methyl/N-ethyl adjacent to an activating group) is 1. The molecule has 0 amide bonds. The second-order valence-electron chi connectivity index (χ2n) is 4.05. The number of hydrogen-bond acceptors (Lipinski definition) is 2. The molecule has 0 bridgehead atoms. The lowest BCUT2D eigenvalue weighted by atomic mass is 10.3. The van der Waals surface area contributed by atoms with Crippen LogP contribution in [-0.2, 0) is 9.53 Å². The second-order valence-corrected chi connectivity index (χ2v) is 4.05. The summed E-state index contributed by atoms with van der Waals surface area (Å²) in [5.41, 5.74) is 0.433. The zero-order valence-electron chi connectivity index (χ0n) is 10.2. The van der Waals surface area contributed by atoms with Gasteiger partial charge in [0.1, 0.15) is 0 Å². The Bertz CT molecular complexity index is 260. The highest BCUT2D eigenvalue weighted by Gasteiger charge is 2.29. The van der Waals surface area contributed by atoms with Crippen LogP contribution < -0.4 is 0 Å². The van der Waals surface area contributed by atoms with Crippen LogP contribution in [-0.4, -0.2) is 36.8 Å². The molecule has 0 aromatic carbocycles. The maximum atomic E-state index is 11.4. The first-order valence-corrected chi connectivity index (χ1v) is 5.19. The molecule has 2 unspecified atom stereocenters. The predicted octanol–water partition coefficient (Wildman–Crippen LogP) is 2.10. The van der Waals surface area contributed by atoms with Gasteiger partial charge in [-0.3, -0.25) is 4.48 Å². The molecule has 0 aliphatic heterocycles. The molecule has 0 rings (SSSR count). The van der Waals surface area contributed by atoms with Gasteiger partial charge in [0.25, 0.3) is 0 Å². The summed E-state index contributed by atoms with van der Waals surface area (Å²) in [4.78, 5) is 11.4.